The summed E-state index contributed by atoms with van der Waals surface area (Å²) in [6.07, 6.45) is -4.71. The van der Waals surface area contributed by atoms with Gasteiger partial charge in [0.05, 0.1) is 5.56 Å². The standard InChI is InChI=1S/C15H12ClF4N/c1-9-2-3-10(6-13(9)16)8-21-11-4-5-14(17)12(7-11)15(18,19)20/h2-7,21H,8H2,1H3. The Morgan fingerprint density at radius 3 is 2.43 bits per heavy atom. The summed E-state index contributed by atoms with van der Waals surface area (Å²) < 4.78 is 51.0. The van der Waals surface area contributed by atoms with Crippen molar-refractivity contribution in [3.63, 3.8) is 0 Å². The lowest BCUT2D eigenvalue weighted by Gasteiger charge is -2.12. The highest BCUT2D eigenvalue weighted by molar-refractivity contribution is 6.31. The Morgan fingerprint density at radius 2 is 1.81 bits per heavy atom. The molecule has 2 aromatic rings. The highest BCUT2D eigenvalue weighted by atomic mass is 35.5. The summed E-state index contributed by atoms with van der Waals surface area (Å²) in [4.78, 5) is 0. The summed E-state index contributed by atoms with van der Waals surface area (Å²) >= 11 is 5.98. The van der Waals surface area contributed by atoms with Crippen molar-refractivity contribution < 1.29 is 17.6 Å². The number of benzene rings is 2. The molecule has 0 aromatic heterocycles. The van der Waals surface area contributed by atoms with Crippen molar-refractivity contribution in [2.24, 2.45) is 0 Å². The molecular weight excluding hydrogens is 306 g/mol. The van der Waals surface area contributed by atoms with Gasteiger partial charge in [0.2, 0.25) is 0 Å². The first-order chi connectivity index (χ1) is 9.77. The van der Waals surface area contributed by atoms with Crippen LogP contribution in [0, 0.1) is 12.7 Å². The van der Waals surface area contributed by atoms with Gasteiger partial charge < -0.3 is 5.32 Å². The maximum absolute atomic E-state index is 13.2. The minimum Gasteiger partial charge on any atom is -0.381 e. The fourth-order valence-corrected chi connectivity index (χ4v) is 2.01. The molecule has 0 aliphatic carbocycles. The average molecular weight is 318 g/mol. The summed E-state index contributed by atoms with van der Waals surface area (Å²) in [7, 11) is 0. The van der Waals surface area contributed by atoms with Gasteiger partial charge in [-0.3, -0.25) is 0 Å². The van der Waals surface area contributed by atoms with Gasteiger partial charge in [0.25, 0.3) is 0 Å². The van der Waals surface area contributed by atoms with E-state index in [2.05, 4.69) is 5.32 Å². The topological polar surface area (TPSA) is 12.0 Å². The highest BCUT2D eigenvalue weighted by Crippen LogP contribution is 2.33. The number of aryl methyl sites for hydroxylation is 1. The van der Waals surface area contributed by atoms with Crippen LogP contribution in [-0.2, 0) is 12.7 Å². The number of anilines is 1. The number of hydrogen-bond acceptors (Lipinski definition) is 1. The Morgan fingerprint density at radius 1 is 1.10 bits per heavy atom. The largest absolute Gasteiger partial charge is 0.419 e. The third-order valence-electron chi connectivity index (χ3n) is 3.00. The van der Waals surface area contributed by atoms with E-state index in [1.807, 2.05) is 19.1 Å². The Labute approximate surface area is 124 Å². The molecule has 0 aliphatic heterocycles. The van der Waals surface area contributed by atoms with E-state index < -0.39 is 17.6 Å². The van der Waals surface area contributed by atoms with E-state index in [1.165, 1.54) is 6.07 Å². The van der Waals surface area contributed by atoms with Crippen molar-refractivity contribution in [1.82, 2.24) is 0 Å². The van der Waals surface area contributed by atoms with Crippen LogP contribution < -0.4 is 5.32 Å². The lowest BCUT2D eigenvalue weighted by molar-refractivity contribution is -0.139. The molecule has 112 valence electrons. The first kappa shape index (κ1) is 15.6. The second-order valence-electron chi connectivity index (χ2n) is 4.63. The minimum atomic E-state index is -4.71. The first-order valence-electron chi connectivity index (χ1n) is 6.13. The predicted molar refractivity (Wildman–Crippen MR) is 74.9 cm³/mol. The second-order valence-corrected chi connectivity index (χ2v) is 5.04. The summed E-state index contributed by atoms with van der Waals surface area (Å²) in [6, 6.07) is 8.20. The van der Waals surface area contributed by atoms with Gasteiger partial charge in [-0.05, 0) is 42.3 Å². The molecule has 2 rings (SSSR count). The second kappa shape index (κ2) is 5.93. The van der Waals surface area contributed by atoms with E-state index in [0.717, 1.165) is 23.3 Å². The molecule has 6 heteroatoms. The molecule has 1 N–H and O–H groups in total. The fraction of sp³-hybridized carbons (Fsp3) is 0.200. The number of hydrogen-bond donors (Lipinski definition) is 1. The number of rotatable bonds is 3. The molecule has 0 saturated heterocycles. The van der Waals surface area contributed by atoms with Crippen molar-refractivity contribution in [2.45, 2.75) is 19.6 Å². The fourth-order valence-electron chi connectivity index (χ4n) is 1.80. The van der Waals surface area contributed by atoms with Crippen LogP contribution in [0.3, 0.4) is 0 Å². The molecule has 0 fully saturated rings. The van der Waals surface area contributed by atoms with Crippen LogP contribution in [0.5, 0.6) is 0 Å². The van der Waals surface area contributed by atoms with E-state index in [-0.39, 0.29) is 5.69 Å². The van der Waals surface area contributed by atoms with Crippen LogP contribution in [-0.4, -0.2) is 0 Å². The van der Waals surface area contributed by atoms with Gasteiger partial charge in [0.15, 0.2) is 0 Å². The third kappa shape index (κ3) is 3.88. The summed E-state index contributed by atoms with van der Waals surface area (Å²) in [6.45, 7) is 2.15. The van der Waals surface area contributed by atoms with Crippen molar-refractivity contribution in [3.05, 3.63) is 63.9 Å². The molecule has 2 aromatic carbocycles. The highest BCUT2D eigenvalue weighted by Gasteiger charge is 2.34. The molecule has 0 aliphatic rings. The van der Waals surface area contributed by atoms with Crippen molar-refractivity contribution >= 4 is 17.3 Å². The predicted octanol–water partition coefficient (Wildman–Crippen LogP) is 5.42. The van der Waals surface area contributed by atoms with E-state index in [0.29, 0.717) is 11.6 Å². The molecule has 0 atom stereocenters. The molecular formula is C15H12ClF4N. The van der Waals surface area contributed by atoms with Gasteiger partial charge in [-0.15, -0.1) is 0 Å². The summed E-state index contributed by atoms with van der Waals surface area (Å²) in [5.74, 6) is -1.29. The van der Waals surface area contributed by atoms with E-state index in [4.69, 9.17) is 11.6 Å². The van der Waals surface area contributed by atoms with Crippen LogP contribution in [0.15, 0.2) is 36.4 Å². The normalized spacial score (nSPS) is 11.5. The number of halogens is 5. The van der Waals surface area contributed by atoms with Crippen LogP contribution in [0.2, 0.25) is 5.02 Å². The first-order valence-corrected chi connectivity index (χ1v) is 6.51. The molecule has 0 heterocycles. The van der Waals surface area contributed by atoms with Gasteiger partial charge in [-0.1, -0.05) is 23.7 Å². The Hall–Kier alpha value is -1.75. The molecule has 0 radical (unpaired) electrons. The quantitative estimate of drug-likeness (QED) is 0.745. The lowest BCUT2D eigenvalue weighted by atomic mass is 10.1. The lowest BCUT2D eigenvalue weighted by Crippen LogP contribution is -2.09. The Kier molecular flexibility index (Phi) is 4.42. The zero-order valence-electron chi connectivity index (χ0n) is 11.1. The third-order valence-corrected chi connectivity index (χ3v) is 3.41. The molecule has 0 unspecified atom stereocenters. The maximum atomic E-state index is 13.2. The van der Waals surface area contributed by atoms with Gasteiger partial charge in [0, 0.05) is 17.3 Å². The SMILES string of the molecule is Cc1ccc(CNc2ccc(F)c(C(F)(F)F)c2)cc1Cl. The molecule has 1 nitrogen and oxygen atoms in total. The monoisotopic (exact) mass is 317 g/mol. The smallest absolute Gasteiger partial charge is 0.381 e. The van der Waals surface area contributed by atoms with Gasteiger partial charge in [0.1, 0.15) is 5.82 Å². The van der Waals surface area contributed by atoms with E-state index in [1.54, 1.807) is 6.07 Å². The van der Waals surface area contributed by atoms with Crippen molar-refractivity contribution in [2.75, 3.05) is 5.32 Å². The van der Waals surface area contributed by atoms with Crippen LogP contribution >= 0.6 is 11.6 Å². The van der Waals surface area contributed by atoms with Gasteiger partial charge in [-0.2, -0.15) is 13.2 Å². The minimum absolute atomic E-state index is 0.195. The van der Waals surface area contributed by atoms with Crippen LogP contribution in [0.1, 0.15) is 16.7 Å². The Balaban J connectivity index is 2.15. The van der Waals surface area contributed by atoms with Crippen LogP contribution in [0.4, 0.5) is 23.2 Å². The Bertz CT molecular complexity index is 653. The van der Waals surface area contributed by atoms with Gasteiger partial charge >= 0.3 is 6.18 Å². The molecule has 21 heavy (non-hydrogen) atoms. The van der Waals surface area contributed by atoms with Gasteiger partial charge in [-0.25, -0.2) is 4.39 Å². The van der Waals surface area contributed by atoms with E-state index >= 15 is 0 Å². The molecule has 0 saturated carbocycles. The molecule has 0 amide bonds. The molecule has 0 spiro atoms. The van der Waals surface area contributed by atoms with Crippen molar-refractivity contribution in [1.29, 1.82) is 0 Å². The maximum Gasteiger partial charge on any atom is 0.419 e. The van der Waals surface area contributed by atoms with Crippen molar-refractivity contribution in [3.8, 4) is 0 Å². The van der Waals surface area contributed by atoms with Crippen LogP contribution in [0.25, 0.3) is 0 Å². The van der Waals surface area contributed by atoms with E-state index in [9.17, 15) is 17.6 Å². The summed E-state index contributed by atoms with van der Waals surface area (Å²) in [5.41, 5.74) is 0.653. The zero-order chi connectivity index (χ0) is 15.6. The molecule has 0 bridgehead atoms. The summed E-state index contributed by atoms with van der Waals surface area (Å²) in [5, 5.41) is 3.41. The number of alkyl halides is 3. The average Bonchev–Trinajstić information content (AvgIpc) is 2.40. The zero-order valence-corrected chi connectivity index (χ0v) is 11.8. The number of nitrogens with one attached hydrogen (secondary N) is 1.